The van der Waals surface area contributed by atoms with Crippen molar-refractivity contribution in [1.82, 2.24) is 5.32 Å². The van der Waals surface area contributed by atoms with Gasteiger partial charge in [-0.15, -0.1) is 0 Å². The summed E-state index contributed by atoms with van der Waals surface area (Å²) in [5.74, 6) is -0.637. The minimum atomic E-state index is -0.867. The smallest absolute Gasteiger partial charge is 0.320 e. The third kappa shape index (κ3) is 5.73. The molecule has 4 nitrogen and oxygen atoms in total. The van der Waals surface area contributed by atoms with Gasteiger partial charge in [0.1, 0.15) is 24.2 Å². The summed E-state index contributed by atoms with van der Waals surface area (Å²) >= 11 is 5.99. The lowest BCUT2D eigenvalue weighted by molar-refractivity contribution is -0.140. The van der Waals surface area contributed by atoms with Crippen LogP contribution in [0.5, 0.6) is 5.75 Å². The molecule has 0 aliphatic carbocycles. The van der Waals surface area contributed by atoms with Crippen molar-refractivity contribution in [1.29, 1.82) is 0 Å². The SMILES string of the molecule is CC(C)C(NCc1cccc(OCc2ccc(F)cc2Cl)c1)C(=O)O. The van der Waals surface area contributed by atoms with E-state index in [1.807, 2.05) is 32.0 Å². The van der Waals surface area contributed by atoms with E-state index in [0.717, 1.165) is 5.56 Å². The Hall–Kier alpha value is -2.11. The summed E-state index contributed by atoms with van der Waals surface area (Å²) in [5.41, 5.74) is 1.60. The first-order chi connectivity index (χ1) is 11.9. The summed E-state index contributed by atoms with van der Waals surface area (Å²) in [6.45, 7) is 4.36. The van der Waals surface area contributed by atoms with Gasteiger partial charge >= 0.3 is 5.97 Å². The highest BCUT2D eigenvalue weighted by atomic mass is 35.5. The van der Waals surface area contributed by atoms with Gasteiger partial charge in [0.2, 0.25) is 0 Å². The fourth-order valence-electron chi connectivity index (χ4n) is 2.38. The van der Waals surface area contributed by atoms with E-state index >= 15 is 0 Å². The first kappa shape index (κ1) is 19.2. The maximum Gasteiger partial charge on any atom is 0.320 e. The van der Waals surface area contributed by atoms with Crippen molar-refractivity contribution in [2.24, 2.45) is 5.92 Å². The number of ether oxygens (including phenoxy) is 1. The molecule has 6 heteroatoms. The second-order valence-electron chi connectivity index (χ2n) is 6.11. The number of benzene rings is 2. The molecule has 0 saturated heterocycles. The second kappa shape index (κ2) is 8.83. The Morgan fingerprint density at radius 3 is 2.68 bits per heavy atom. The first-order valence-electron chi connectivity index (χ1n) is 7.98. The van der Waals surface area contributed by atoms with Crippen molar-refractivity contribution in [3.63, 3.8) is 0 Å². The van der Waals surface area contributed by atoms with Crippen LogP contribution in [0.2, 0.25) is 5.02 Å². The van der Waals surface area contributed by atoms with Gasteiger partial charge in [-0.3, -0.25) is 4.79 Å². The van der Waals surface area contributed by atoms with E-state index in [4.69, 9.17) is 16.3 Å². The number of aliphatic carboxylic acids is 1. The molecular weight excluding hydrogens is 345 g/mol. The van der Waals surface area contributed by atoms with Crippen LogP contribution in [0.3, 0.4) is 0 Å². The zero-order valence-electron chi connectivity index (χ0n) is 14.1. The van der Waals surface area contributed by atoms with Crippen LogP contribution in [0, 0.1) is 11.7 Å². The number of carboxylic acids is 1. The molecule has 1 unspecified atom stereocenters. The normalized spacial score (nSPS) is 12.2. The van der Waals surface area contributed by atoms with Gasteiger partial charge in [-0.2, -0.15) is 0 Å². The number of rotatable bonds is 8. The molecular formula is C19H21ClFNO3. The predicted octanol–water partition coefficient (Wildman–Crippen LogP) is 4.26. The summed E-state index contributed by atoms with van der Waals surface area (Å²) in [7, 11) is 0. The van der Waals surface area contributed by atoms with Gasteiger partial charge in [0, 0.05) is 12.1 Å². The first-order valence-corrected chi connectivity index (χ1v) is 8.36. The summed E-state index contributed by atoms with van der Waals surface area (Å²) in [5, 5.41) is 12.6. The molecule has 25 heavy (non-hydrogen) atoms. The molecule has 0 fully saturated rings. The third-order valence-corrected chi connectivity index (χ3v) is 4.12. The number of nitrogens with one attached hydrogen (secondary N) is 1. The number of hydrogen-bond acceptors (Lipinski definition) is 3. The van der Waals surface area contributed by atoms with Crippen LogP contribution in [0.1, 0.15) is 25.0 Å². The Bertz CT molecular complexity index is 736. The lowest BCUT2D eigenvalue weighted by atomic mass is 10.0. The molecule has 0 radical (unpaired) electrons. The molecule has 0 bridgehead atoms. The molecule has 1 atom stereocenters. The van der Waals surface area contributed by atoms with Gasteiger partial charge < -0.3 is 15.2 Å². The minimum absolute atomic E-state index is 0.0162. The molecule has 2 rings (SSSR count). The molecule has 2 aromatic carbocycles. The van der Waals surface area contributed by atoms with Gasteiger partial charge in [-0.25, -0.2) is 4.39 Å². The Labute approximate surface area is 151 Å². The van der Waals surface area contributed by atoms with Crippen LogP contribution in [-0.4, -0.2) is 17.1 Å². The standard InChI is InChI=1S/C19H21ClFNO3/c1-12(2)18(19(23)24)22-10-13-4-3-5-16(8-13)25-11-14-6-7-15(21)9-17(14)20/h3-9,12,18,22H,10-11H2,1-2H3,(H,23,24). The van der Waals surface area contributed by atoms with Crippen LogP contribution < -0.4 is 10.1 Å². The molecule has 0 amide bonds. The predicted molar refractivity (Wildman–Crippen MR) is 95.3 cm³/mol. The third-order valence-electron chi connectivity index (χ3n) is 3.77. The molecule has 0 aliphatic heterocycles. The topological polar surface area (TPSA) is 58.6 Å². The van der Waals surface area contributed by atoms with Crippen LogP contribution in [0.15, 0.2) is 42.5 Å². The number of halogens is 2. The van der Waals surface area contributed by atoms with Gasteiger partial charge in [0.15, 0.2) is 0 Å². The average molecular weight is 366 g/mol. The van der Waals surface area contributed by atoms with Crippen molar-refractivity contribution in [3.8, 4) is 5.75 Å². The van der Waals surface area contributed by atoms with Crippen LogP contribution >= 0.6 is 11.6 Å². The maximum atomic E-state index is 13.1. The van der Waals surface area contributed by atoms with E-state index in [1.54, 1.807) is 12.1 Å². The second-order valence-corrected chi connectivity index (χ2v) is 6.52. The molecule has 0 heterocycles. The zero-order valence-corrected chi connectivity index (χ0v) is 14.9. The maximum absolute atomic E-state index is 13.1. The number of hydrogen-bond donors (Lipinski definition) is 2. The summed E-state index contributed by atoms with van der Waals surface area (Å²) in [6, 6.07) is 10.9. The van der Waals surface area contributed by atoms with E-state index in [1.165, 1.54) is 12.1 Å². The van der Waals surface area contributed by atoms with Crippen LogP contribution in [0.4, 0.5) is 4.39 Å². The average Bonchev–Trinajstić information content (AvgIpc) is 2.54. The quantitative estimate of drug-likeness (QED) is 0.734. The molecule has 0 saturated carbocycles. The number of carboxylic acid groups (broad SMARTS) is 1. The Morgan fingerprint density at radius 2 is 2.04 bits per heavy atom. The summed E-state index contributed by atoms with van der Waals surface area (Å²) < 4.78 is 18.8. The van der Waals surface area contributed by atoms with E-state index in [9.17, 15) is 14.3 Å². The van der Waals surface area contributed by atoms with E-state index in [2.05, 4.69) is 5.32 Å². The van der Waals surface area contributed by atoms with E-state index in [0.29, 0.717) is 22.9 Å². The highest BCUT2D eigenvalue weighted by Gasteiger charge is 2.20. The lowest BCUT2D eigenvalue weighted by Crippen LogP contribution is -2.40. The van der Waals surface area contributed by atoms with Gasteiger partial charge in [-0.1, -0.05) is 43.6 Å². The molecule has 2 N–H and O–H groups in total. The van der Waals surface area contributed by atoms with Crippen molar-refractivity contribution < 1.29 is 19.0 Å². The van der Waals surface area contributed by atoms with Crippen molar-refractivity contribution >= 4 is 17.6 Å². The lowest BCUT2D eigenvalue weighted by Gasteiger charge is -2.18. The largest absolute Gasteiger partial charge is 0.489 e. The van der Waals surface area contributed by atoms with Crippen LogP contribution in [0.25, 0.3) is 0 Å². The zero-order chi connectivity index (χ0) is 18.4. The molecule has 0 spiro atoms. The summed E-state index contributed by atoms with van der Waals surface area (Å²) in [4.78, 5) is 11.2. The van der Waals surface area contributed by atoms with Crippen molar-refractivity contribution in [3.05, 3.63) is 64.4 Å². The van der Waals surface area contributed by atoms with Crippen molar-refractivity contribution in [2.45, 2.75) is 33.0 Å². The Kier molecular flexibility index (Phi) is 6.79. The highest BCUT2D eigenvalue weighted by Crippen LogP contribution is 2.21. The fraction of sp³-hybridized carbons (Fsp3) is 0.316. The van der Waals surface area contributed by atoms with Gasteiger partial charge in [0.05, 0.1) is 5.02 Å². The van der Waals surface area contributed by atoms with Gasteiger partial charge in [-0.05, 0) is 35.7 Å². The number of carbonyl (C=O) groups is 1. The molecule has 0 aromatic heterocycles. The van der Waals surface area contributed by atoms with Crippen LogP contribution in [-0.2, 0) is 17.9 Å². The molecule has 134 valence electrons. The fourth-order valence-corrected chi connectivity index (χ4v) is 2.60. The summed E-state index contributed by atoms with van der Waals surface area (Å²) in [6.07, 6.45) is 0. The minimum Gasteiger partial charge on any atom is -0.489 e. The van der Waals surface area contributed by atoms with E-state index in [-0.39, 0.29) is 18.3 Å². The van der Waals surface area contributed by atoms with E-state index < -0.39 is 12.0 Å². The van der Waals surface area contributed by atoms with Gasteiger partial charge in [0.25, 0.3) is 0 Å². The highest BCUT2D eigenvalue weighted by molar-refractivity contribution is 6.31. The molecule has 0 aliphatic rings. The van der Waals surface area contributed by atoms with Crippen molar-refractivity contribution in [2.75, 3.05) is 0 Å². The molecule has 2 aromatic rings. The Morgan fingerprint density at radius 1 is 1.28 bits per heavy atom. The monoisotopic (exact) mass is 365 g/mol. The Balaban J connectivity index is 1.97.